The van der Waals surface area contributed by atoms with Gasteiger partial charge in [-0.3, -0.25) is 14.4 Å². The van der Waals surface area contributed by atoms with Crippen molar-refractivity contribution in [2.24, 2.45) is 23.2 Å². The highest BCUT2D eigenvalue weighted by atomic mass is 16.5. The number of hydrogen-bond acceptors (Lipinski definition) is 6. The summed E-state index contributed by atoms with van der Waals surface area (Å²) in [4.78, 5) is 41.7. The number of rotatable bonds is 14. The summed E-state index contributed by atoms with van der Waals surface area (Å²) in [5.41, 5.74) is 2.70. The van der Waals surface area contributed by atoms with E-state index in [1.54, 1.807) is 0 Å². The molecule has 0 bridgehead atoms. The number of ether oxygens (including phenoxy) is 3. The van der Waals surface area contributed by atoms with E-state index >= 15 is 4.79 Å². The van der Waals surface area contributed by atoms with Gasteiger partial charge in [0.25, 0.3) is 0 Å². The van der Waals surface area contributed by atoms with Crippen LogP contribution in [0.1, 0.15) is 93.4 Å². The Kier molecular flexibility index (Phi) is 11.8. The van der Waals surface area contributed by atoms with Gasteiger partial charge in [0.15, 0.2) is 11.6 Å². The summed E-state index contributed by atoms with van der Waals surface area (Å²) in [6.45, 7) is 22.0. The van der Waals surface area contributed by atoms with Crippen LogP contribution < -0.4 is 0 Å². The first-order chi connectivity index (χ1) is 18.7. The minimum Gasteiger partial charge on any atom is -0.499 e. The molecule has 0 aromatic heterocycles. The molecule has 1 heterocycles. The zero-order valence-electron chi connectivity index (χ0n) is 26.2. The lowest BCUT2D eigenvalue weighted by Gasteiger charge is -2.45. The molecule has 1 aliphatic heterocycles. The van der Waals surface area contributed by atoms with Crippen LogP contribution in [0.15, 0.2) is 58.6 Å². The first-order valence-corrected chi connectivity index (χ1v) is 14.5. The number of ketones is 2. The number of methoxy groups -OCH3 is 2. The molecule has 0 saturated carbocycles. The second-order valence-corrected chi connectivity index (χ2v) is 12.0. The number of hydrogen-bond donors (Lipinski definition) is 0. The lowest BCUT2D eigenvalue weighted by molar-refractivity contribution is -0.141. The Morgan fingerprint density at radius 2 is 1.75 bits per heavy atom. The highest BCUT2D eigenvalue weighted by molar-refractivity contribution is 6.12. The number of carbonyl (C=O) groups is 3. The molecule has 6 heteroatoms. The molecule has 0 amide bonds. The van der Waals surface area contributed by atoms with Crippen LogP contribution in [-0.2, 0) is 28.6 Å². The molecule has 2 rings (SSSR count). The van der Waals surface area contributed by atoms with Crippen LogP contribution in [0.5, 0.6) is 0 Å². The van der Waals surface area contributed by atoms with Gasteiger partial charge in [0.2, 0.25) is 0 Å². The van der Waals surface area contributed by atoms with Gasteiger partial charge in [-0.25, -0.2) is 0 Å². The third kappa shape index (κ3) is 7.05. The van der Waals surface area contributed by atoms with E-state index in [1.807, 2.05) is 54.5 Å². The quantitative estimate of drug-likeness (QED) is 0.162. The van der Waals surface area contributed by atoms with Crippen molar-refractivity contribution in [1.29, 1.82) is 0 Å². The van der Waals surface area contributed by atoms with Crippen molar-refractivity contribution in [1.82, 2.24) is 0 Å². The Bertz CT molecular complexity index is 1120. The van der Waals surface area contributed by atoms with Crippen molar-refractivity contribution in [3.05, 3.63) is 58.6 Å². The normalized spacial score (nSPS) is 24.1. The number of Topliss-reactive ketones (excluding diaryl/α,β-unsaturated/α-hetero) is 2. The molecule has 0 spiro atoms. The maximum Gasteiger partial charge on any atom is 0.306 e. The number of fused-ring (bicyclic) bond motifs is 1. The molecule has 0 aromatic rings. The van der Waals surface area contributed by atoms with Gasteiger partial charge in [0.1, 0.15) is 17.6 Å². The van der Waals surface area contributed by atoms with Crippen LogP contribution in [0.3, 0.4) is 0 Å². The number of esters is 1. The standard InChI is InChI=1S/C34H50O6/c1-12-13-25(18-27(35)38-10)28-31-29(30(36)23(8)24(9)40-31)33(39-11)34(32(28)37,17-16-21(4)5)19-26(22(6)7)15-14-20(2)3/h16,23-26H,2,6,12-15,17-19H2,1,3-5,7-11H3/t23-,24-,25+,26-,34+/m1/s1. The molecule has 1 fully saturated rings. The molecule has 0 N–H and O–H groups in total. The van der Waals surface area contributed by atoms with E-state index in [1.165, 1.54) is 14.2 Å². The van der Waals surface area contributed by atoms with Crippen molar-refractivity contribution >= 4 is 17.5 Å². The van der Waals surface area contributed by atoms with Gasteiger partial charge >= 0.3 is 5.97 Å². The van der Waals surface area contributed by atoms with Crippen molar-refractivity contribution < 1.29 is 28.6 Å². The average molecular weight is 555 g/mol. The molecular weight excluding hydrogens is 504 g/mol. The van der Waals surface area contributed by atoms with Crippen LogP contribution in [0.2, 0.25) is 0 Å². The van der Waals surface area contributed by atoms with Crippen molar-refractivity contribution in [3.63, 3.8) is 0 Å². The van der Waals surface area contributed by atoms with Gasteiger partial charge in [-0.1, -0.05) is 49.6 Å². The third-order valence-electron chi connectivity index (χ3n) is 8.44. The smallest absolute Gasteiger partial charge is 0.306 e. The van der Waals surface area contributed by atoms with E-state index < -0.39 is 29.3 Å². The fraction of sp³-hybridized carbons (Fsp3) is 0.618. The van der Waals surface area contributed by atoms with Crippen LogP contribution in [0, 0.1) is 23.2 Å². The molecule has 0 radical (unpaired) electrons. The fourth-order valence-electron chi connectivity index (χ4n) is 5.86. The SMILES string of the molecule is C=C(C)CC[C@H](C[C@@]1(CC=C(C)C)C(=O)C([C@@H](CCC)CC(=O)OC)=C2O[C@H](C)[C@@H](C)C(=O)C2=C1OC)C(=C)C. The predicted octanol–water partition coefficient (Wildman–Crippen LogP) is 7.61. The predicted molar refractivity (Wildman–Crippen MR) is 159 cm³/mol. The molecule has 0 aromatic carbocycles. The Morgan fingerprint density at radius 3 is 2.25 bits per heavy atom. The molecule has 1 aliphatic carbocycles. The summed E-state index contributed by atoms with van der Waals surface area (Å²) < 4.78 is 17.5. The van der Waals surface area contributed by atoms with Crippen molar-refractivity contribution in [2.75, 3.05) is 14.2 Å². The van der Waals surface area contributed by atoms with E-state index in [2.05, 4.69) is 13.2 Å². The Balaban J connectivity index is 2.97. The van der Waals surface area contributed by atoms with Crippen LogP contribution >= 0.6 is 0 Å². The summed E-state index contributed by atoms with van der Waals surface area (Å²) in [5, 5.41) is 0. The number of allylic oxidation sites excluding steroid dienone is 7. The monoisotopic (exact) mass is 554 g/mol. The third-order valence-corrected chi connectivity index (χ3v) is 8.44. The van der Waals surface area contributed by atoms with Crippen LogP contribution in [0.4, 0.5) is 0 Å². The Labute approximate surface area is 241 Å². The second-order valence-electron chi connectivity index (χ2n) is 12.0. The highest BCUT2D eigenvalue weighted by Crippen LogP contribution is 2.54. The highest BCUT2D eigenvalue weighted by Gasteiger charge is 2.55. The molecule has 1 saturated heterocycles. The van der Waals surface area contributed by atoms with E-state index in [-0.39, 0.29) is 29.7 Å². The van der Waals surface area contributed by atoms with Crippen molar-refractivity contribution in [3.8, 4) is 0 Å². The largest absolute Gasteiger partial charge is 0.499 e. The van der Waals surface area contributed by atoms with Crippen LogP contribution in [-0.4, -0.2) is 37.9 Å². The van der Waals surface area contributed by atoms with Gasteiger partial charge in [0, 0.05) is 11.5 Å². The average Bonchev–Trinajstić information content (AvgIpc) is 2.88. The molecule has 6 nitrogen and oxygen atoms in total. The van der Waals surface area contributed by atoms with E-state index in [0.29, 0.717) is 36.2 Å². The van der Waals surface area contributed by atoms with Gasteiger partial charge in [0.05, 0.1) is 37.5 Å². The van der Waals surface area contributed by atoms with Gasteiger partial charge in [-0.2, -0.15) is 0 Å². The minimum atomic E-state index is -1.15. The zero-order valence-corrected chi connectivity index (χ0v) is 26.2. The molecule has 40 heavy (non-hydrogen) atoms. The molecule has 2 aliphatic rings. The summed E-state index contributed by atoms with van der Waals surface area (Å²) in [6, 6.07) is 0. The fourth-order valence-corrected chi connectivity index (χ4v) is 5.86. The summed E-state index contributed by atoms with van der Waals surface area (Å²) in [7, 11) is 2.88. The molecule has 0 unspecified atom stereocenters. The first kappa shape index (κ1) is 33.3. The summed E-state index contributed by atoms with van der Waals surface area (Å²) in [6.07, 6.45) is 5.36. The maximum atomic E-state index is 15.1. The van der Waals surface area contributed by atoms with E-state index in [9.17, 15) is 9.59 Å². The number of carbonyl (C=O) groups excluding carboxylic acids is 3. The minimum absolute atomic E-state index is 0.0130. The lowest BCUT2D eigenvalue weighted by Crippen LogP contribution is -2.47. The van der Waals surface area contributed by atoms with Crippen molar-refractivity contribution in [2.45, 2.75) is 99.5 Å². The van der Waals surface area contributed by atoms with Crippen LogP contribution in [0.25, 0.3) is 0 Å². The summed E-state index contributed by atoms with van der Waals surface area (Å²) in [5.74, 6) is -0.869. The zero-order chi connectivity index (χ0) is 30.4. The van der Waals surface area contributed by atoms with Gasteiger partial charge in [-0.15, -0.1) is 6.58 Å². The van der Waals surface area contributed by atoms with E-state index in [4.69, 9.17) is 14.2 Å². The second kappa shape index (κ2) is 14.1. The molecular formula is C34H50O6. The topological polar surface area (TPSA) is 78.9 Å². The lowest BCUT2D eigenvalue weighted by atomic mass is 9.61. The first-order valence-electron chi connectivity index (χ1n) is 14.5. The van der Waals surface area contributed by atoms with Gasteiger partial charge < -0.3 is 14.2 Å². The van der Waals surface area contributed by atoms with Gasteiger partial charge in [-0.05, 0) is 72.6 Å². The summed E-state index contributed by atoms with van der Waals surface area (Å²) >= 11 is 0. The molecule has 5 atom stereocenters. The Morgan fingerprint density at radius 1 is 1.10 bits per heavy atom. The molecule has 222 valence electrons. The Hall–Kier alpha value is -2.89. The van der Waals surface area contributed by atoms with E-state index in [0.717, 1.165) is 36.0 Å². The maximum absolute atomic E-state index is 15.1.